The minimum absolute atomic E-state index is 0.237. The maximum absolute atomic E-state index is 13.4. The van der Waals surface area contributed by atoms with Crippen LogP contribution in [-0.2, 0) is 13.1 Å². The zero-order valence-electron chi connectivity index (χ0n) is 19.2. The number of amides is 1. The molecule has 0 aliphatic rings. The summed E-state index contributed by atoms with van der Waals surface area (Å²) in [5, 5.41) is 13.5. The number of hydrogen-bond donors (Lipinski definition) is 1. The minimum Gasteiger partial charge on any atom is -0.319 e. The van der Waals surface area contributed by atoms with E-state index in [0.29, 0.717) is 33.5 Å². The van der Waals surface area contributed by atoms with E-state index >= 15 is 0 Å². The van der Waals surface area contributed by atoms with Gasteiger partial charge in [-0.25, -0.2) is 4.98 Å². The van der Waals surface area contributed by atoms with Crippen molar-refractivity contribution in [3.63, 3.8) is 0 Å². The molecular weight excluding hydrogens is 483 g/mol. The van der Waals surface area contributed by atoms with Crippen molar-refractivity contribution in [1.82, 2.24) is 24.5 Å². The molecule has 0 spiro atoms. The lowest BCUT2D eigenvalue weighted by Gasteiger charge is -2.10. The van der Waals surface area contributed by atoms with E-state index in [9.17, 15) is 4.79 Å². The number of anilines is 1. The lowest BCUT2D eigenvalue weighted by Crippen LogP contribution is -2.13. The first kappa shape index (κ1) is 23.1. The first-order valence-electron chi connectivity index (χ1n) is 11.1. The molecule has 1 amide bonds. The number of para-hydroxylation sites is 1. The number of nitrogens with one attached hydrogen (secondary N) is 1. The molecule has 0 aliphatic carbocycles. The molecule has 35 heavy (non-hydrogen) atoms. The molecule has 1 N–H and O–H groups in total. The molecule has 0 saturated heterocycles. The molecule has 9 heteroatoms. The molecule has 0 fully saturated rings. The average Bonchev–Trinajstić information content (AvgIpc) is 3.46. The summed E-state index contributed by atoms with van der Waals surface area (Å²) in [6.07, 6.45) is 5.19. The van der Waals surface area contributed by atoms with Gasteiger partial charge in [0.15, 0.2) is 0 Å². The molecule has 3 heterocycles. The van der Waals surface area contributed by atoms with Gasteiger partial charge in [0.25, 0.3) is 5.91 Å². The largest absolute Gasteiger partial charge is 0.319 e. The molecule has 0 bridgehead atoms. The van der Waals surface area contributed by atoms with Crippen LogP contribution in [-0.4, -0.2) is 30.5 Å². The van der Waals surface area contributed by atoms with E-state index in [-0.39, 0.29) is 5.91 Å². The van der Waals surface area contributed by atoms with Crippen LogP contribution in [0.3, 0.4) is 0 Å². The third kappa shape index (κ3) is 4.65. The smallest absolute Gasteiger partial charge is 0.256 e. The first-order valence-corrected chi connectivity index (χ1v) is 11.9. The van der Waals surface area contributed by atoms with Crippen LogP contribution in [0.4, 0.5) is 5.69 Å². The van der Waals surface area contributed by atoms with E-state index in [0.717, 1.165) is 34.3 Å². The fourth-order valence-electron chi connectivity index (χ4n) is 4.06. The number of rotatable bonds is 6. The normalized spacial score (nSPS) is 11.2. The Kier molecular flexibility index (Phi) is 6.28. The lowest BCUT2D eigenvalue weighted by molar-refractivity contribution is 0.102. The highest BCUT2D eigenvalue weighted by atomic mass is 35.5. The summed E-state index contributed by atoms with van der Waals surface area (Å²) in [7, 11) is 0. The number of carbonyl (C=O) groups excluding carboxylic acids is 1. The Morgan fingerprint density at radius 3 is 2.63 bits per heavy atom. The Labute approximate surface area is 212 Å². The van der Waals surface area contributed by atoms with Crippen LogP contribution in [0.2, 0.25) is 10.0 Å². The van der Waals surface area contributed by atoms with Gasteiger partial charge in [-0.15, -0.1) is 0 Å². The molecule has 5 aromatic rings. The number of halogens is 2. The van der Waals surface area contributed by atoms with Crippen LogP contribution in [0.1, 0.15) is 28.5 Å². The predicted octanol–water partition coefficient (Wildman–Crippen LogP) is 6.23. The van der Waals surface area contributed by atoms with Gasteiger partial charge >= 0.3 is 0 Å². The van der Waals surface area contributed by atoms with E-state index < -0.39 is 0 Å². The quantitative estimate of drug-likeness (QED) is 0.297. The van der Waals surface area contributed by atoms with Crippen molar-refractivity contribution in [2.24, 2.45) is 0 Å². The van der Waals surface area contributed by atoms with Gasteiger partial charge < -0.3 is 5.32 Å². The molecule has 0 atom stereocenters. The summed E-state index contributed by atoms with van der Waals surface area (Å²) >= 11 is 12.1. The van der Waals surface area contributed by atoms with E-state index in [4.69, 9.17) is 28.2 Å². The number of benzene rings is 2. The van der Waals surface area contributed by atoms with E-state index in [2.05, 4.69) is 15.5 Å². The van der Waals surface area contributed by atoms with Crippen molar-refractivity contribution in [2.75, 3.05) is 5.32 Å². The Balaban J connectivity index is 1.44. The monoisotopic (exact) mass is 504 g/mol. The van der Waals surface area contributed by atoms with Crippen LogP contribution in [0.5, 0.6) is 0 Å². The molecule has 0 aliphatic heterocycles. The molecule has 7 nitrogen and oxygen atoms in total. The fourth-order valence-corrected chi connectivity index (χ4v) is 4.38. The summed E-state index contributed by atoms with van der Waals surface area (Å²) in [6, 6.07) is 14.9. The minimum atomic E-state index is -0.237. The summed E-state index contributed by atoms with van der Waals surface area (Å²) < 4.78 is 3.64. The zero-order valence-corrected chi connectivity index (χ0v) is 20.7. The second-order valence-electron chi connectivity index (χ2n) is 8.16. The first-order chi connectivity index (χ1) is 16.9. The fraction of sp³-hybridized carbons (Fsp3) is 0.154. The van der Waals surface area contributed by atoms with Gasteiger partial charge in [-0.05, 0) is 43.7 Å². The number of pyridine rings is 1. The molecule has 5 rings (SSSR count). The maximum Gasteiger partial charge on any atom is 0.256 e. The van der Waals surface area contributed by atoms with Crippen molar-refractivity contribution < 1.29 is 4.79 Å². The van der Waals surface area contributed by atoms with Crippen molar-refractivity contribution in [3.8, 4) is 11.3 Å². The predicted molar refractivity (Wildman–Crippen MR) is 139 cm³/mol. The Bertz CT molecular complexity index is 1560. The summed E-state index contributed by atoms with van der Waals surface area (Å²) in [4.78, 5) is 18.2. The second-order valence-corrected chi connectivity index (χ2v) is 8.98. The Morgan fingerprint density at radius 1 is 1.03 bits per heavy atom. The summed E-state index contributed by atoms with van der Waals surface area (Å²) in [5.41, 5.74) is 5.44. The van der Waals surface area contributed by atoms with E-state index in [1.165, 1.54) is 0 Å². The van der Waals surface area contributed by atoms with Crippen molar-refractivity contribution in [1.29, 1.82) is 0 Å². The van der Waals surface area contributed by atoms with Crippen LogP contribution in [0.25, 0.3) is 22.2 Å². The molecule has 0 unspecified atom stereocenters. The van der Waals surface area contributed by atoms with Gasteiger partial charge in [-0.1, -0.05) is 47.5 Å². The second kappa shape index (κ2) is 9.52. The number of fused-ring (bicyclic) bond motifs is 1. The van der Waals surface area contributed by atoms with Gasteiger partial charge in [0.1, 0.15) is 0 Å². The van der Waals surface area contributed by atoms with Gasteiger partial charge in [-0.3, -0.25) is 14.2 Å². The van der Waals surface area contributed by atoms with Gasteiger partial charge in [0.2, 0.25) is 0 Å². The molecule has 176 valence electrons. The highest BCUT2D eigenvalue weighted by Crippen LogP contribution is 2.28. The maximum atomic E-state index is 13.4. The van der Waals surface area contributed by atoms with Crippen molar-refractivity contribution >= 4 is 45.7 Å². The third-order valence-corrected chi connectivity index (χ3v) is 6.60. The van der Waals surface area contributed by atoms with Crippen molar-refractivity contribution in [3.05, 3.63) is 94.0 Å². The topological polar surface area (TPSA) is 77.6 Å². The molecule has 2 aromatic carbocycles. The Hall–Kier alpha value is -3.68. The lowest BCUT2D eigenvalue weighted by atomic mass is 10.0. The number of hydrogen-bond acceptors (Lipinski definition) is 4. The number of aryl methyl sites for hydroxylation is 1. The van der Waals surface area contributed by atoms with E-state index in [1.54, 1.807) is 35.4 Å². The highest BCUT2D eigenvalue weighted by Gasteiger charge is 2.17. The van der Waals surface area contributed by atoms with E-state index in [1.807, 2.05) is 54.9 Å². The summed E-state index contributed by atoms with van der Waals surface area (Å²) in [5.74, 6) is -0.237. The standard InChI is InChI=1S/C26H22Cl2N6O/c1-3-34-16(2)21(13-30-34)25-11-20(19-6-4-5-7-24(19)32-25)26(35)31-18-12-29-33(15-18)14-17-8-9-22(27)23(28)10-17/h4-13,15H,3,14H2,1-2H3,(H,31,35). The summed E-state index contributed by atoms with van der Waals surface area (Å²) in [6.45, 7) is 5.30. The van der Waals surface area contributed by atoms with Gasteiger partial charge in [-0.2, -0.15) is 10.2 Å². The van der Waals surface area contributed by atoms with Gasteiger partial charge in [0.05, 0.1) is 51.4 Å². The number of aromatic nitrogens is 5. The van der Waals surface area contributed by atoms with Crippen LogP contribution in [0, 0.1) is 6.92 Å². The number of carbonyl (C=O) groups is 1. The van der Waals surface area contributed by atoms with Crippen LogP contribution >= 0.6 is 23.2 Å². The van der Waals surface area contributed by atoms with Gasteiger partial charge in [0, 0.05) is 29.4 Å². The van der Waals surface area contributed by atoms with Crippen LogP contribution < -0.4 is 5.32 Å². The third-order valence-electron chi connectivity index (χ3n) is 5.86. The number of nitrogens with zero attached hydrogens (tertiary/aromatic N) is 5. The molecule has 0 radical (unpaired) electrons. The zero-order chi connectivity index (χ0) is 24.5. The highest BCUT2D eigenvalue weighted by molar-refractivity contribution is 6.42. The van der Waals surface area contributed by atoms with Crippen molar-refractivity contribution in [2.45, 2.75) is 26.9 Å². The Morgan fingerprint density at radius 2 is 1.86 bits per heavy atom. The molecular formula is C26H22Cl2N6O. The molecule has 3 aromatic heterocycles. The molecule has 0 saturated carbocycles. The average molecular weight is 505 g/mol. The SMILES string of the molecule is CCn1ncc(-c2cc(C(=O)Nc3cnn(Cc4ccc(Cl)c(Cl)c4)c3)c3ccccc3n2)c1C. The van der Waals surface area contributed by atoms with Crippen LogP contribution in [0.15, 0.2) is 67.1 Å².